The van der Waals surface area contributed by atoms with Crippen molar-refractivity contribution in [3.05, 3.63) is 255 Å². The van der Waals surface area contributed by atoms with Crippen LogP contribution in [0.2, 0.25) is 0 Å². The second-order valence-corrected chi connectivity index (χ2v) is 50.2. The van der Waals surface area contributed by atoms with Crippen LogP contribution >= 0.6 is 68.0 Å². The van der Waals surface area contributed by atoms with Gasteiger partial charge >= 0.3 is 28.5 Å². The van der Waals surface area contributed by atoms with E-state index in [1.807, 2.05) is 69.6 Å². The lowest BCUT2D eigenvalue weighted by Crippen LogP contribution is -2.41. The molecule has 712 valence electrons. The van der Waals surface area contributed by atoms with E-state index in [2.05, 4.69) is 327 Å². The maximum atomic E-state index is 7.27. The van der Waals surface area contributed by atoms with Crippen molar-refractivity contribution in [3.8, 4) is 11.1 Å². The van der Waals surface area contributed by atoms with E-state index in [0.29, 0.717) is 6.61 Å². The molecule has 15 nitrogen and oxygen atoms in total. The fourth-order valence-corrected chi connectivity index (χ4v) is 31.4. The zero-order valence-electron chi connectivity index (χ0n) is 82.3. The lowest BCUT2D eigenvalue weighted by Gasteiger charge is -2.32. The molecule has 4 aliphatic rings. The average molecular weight is 2030 g/mol. The number of para-hydroxylation sites is 1. The molecule has 0 unspecified atom stereocenters. The van der Waals surface area contributed by atoms with Crippen LogP contribution in [0.4, 0.5) is 0 Å². The van der Waals surface area contributed by atoms with Crippen molar-refractivity contribution in [2.24, 2.45) is 0 Å². The van der Waals surface area contributed by atoms with E-state index in [4.69, 9.17) is 68.2 Å². The Balaban J connectivity index is 0.0000000882. The van der Waals surface area contributed by atoms with E-state index >= 15 is 0 Å². The fraction of sp³-hybridized carbons (Fsp3) is 0.180. The molecule has 4 aliphatic heterocycles. The highest BCUT2D eigenvalue weighted by atomic mass is 32.1. The summed E-state index contributed by atoms with van der Waals surface area (Å²) in [6, 6.07) is 89.8. The third-order valence-electron chi connectivity index (χ3n) is 33.1. The van der Waals surface area contributed by atoms with Crippen LogP contribution in [0, 0.1) is 0 Å². The summed E-state index contributed by atoms with van der Waals surface area (Å²) in [5.74, 6) is 0. The molecule has 0 radical (unpaired) electrons. The van der Waals surface area contributed by atoms with Crippen LogP contribution < -0.4 is 21.9 Å². The molecule has 13 aromatic heterocycles. The summed E-state index contributed by atoms with van der Waals surface area (Å²) < 4.78 is 113. The van der Waals surface area contributed by atoms with Crippen molar-refractivity contribution in [3.63, 3.8) is 0 Å². The molecule has 147 heavy (non-hydrogen) atoms. The third-order valence-corrected chi connectivity index (χ3v) is 40.2. The maximum Gasteiger partial charge on any atom is 0.498 e. The van der Waals surface area contributed by atoms with E-state index in [1.54, 1.807) is 22.7 Å². The molecular weight excluding hydrogens is 1940 g/mol. The largest absolute Gasteiger partial charge is 0.498 e. The summed E-state index contributed by atoms with van der Waals surface area (Å²) in [5.41, 5.74) is 15.4. The molecule has 25 heteroatoms. The van der Waals surface area contributed by atoms with Gasteiger partial charge in [0.2, 0.25) is 0 Å². The van der Waals surface area contributed by atoms with Gasteiger partial charge in [0.15, 0.2) is 0 Å². The molecule has 31 aromatic rings. The number of rotatable bonds is 5. The Morgan fingerprint density at radius 1 is 0.197 bits per heavy atom. The van der Waals surface area contributed by atoms with Gasteiger partial charge in [0.25, 0.3) is 0 Å². The van der Waals surface area contributed by atoms with E-state index in [9.17, 15) is 0 Å². The lowest BCUT2D eigenvalue weighted by atomic mass is 9.76. The Kier molecular flexibility index (Phi) is 17.6. The van der Waals surface area contributed by atoms with E-state index < -0.39 is 55.0 Å². The van der Waals surface area contributed by atoms with Gasteiger partial charge in [0.05, 0.1) is 51.2 Å². The molecule has 0 amide bonds. The predicted octanol–water partition coefficient (Wildman–Crippen LogP) is 34.1. The highest BCUT2D eigenvalue weighted by Gasteiger charge is 2.56. The number of benzene rings is 18. The molecule has 0 N–H and O–H groups in total. The van der Waals surface area contributed by atoms with Crippen LogP contribution in [0.1, 0.15) is 96.9 Å². The number of hydrogen-bond acceptors (Lipinski definition) is 21. The SMILES string of the molecule is CC1(C)COB(c2ccc3sc4ccc5oc6cc7ccccc7c7sc2c3c4c5c67)O1.CC1(C)OB(c2cc(-c3cccc4oc5ccccc5c34)c3sc4ccc5oc6cc7ccccc7c7oc2c3c4c5c67)OC1(C)C.CC1(C)OB(c2ccc3oc4ccc5oc6cc7ccccc7c7sc2c3c4c5c67)OC1(C)C.CC1(C)OB(c2ccc3sc4ccc5sc6cc7ccccc7c7oc2c3c4c5c67)OC1(C)C. The molecule has 18 aromatic carbocycles. The van der Waals surface area contributed by atoms with Crippen LogP contribution in [-0.2, 0) is 37.2 Å². The first kappa shape index (κ1) is 86.9. The summed E-state index contributed by atoms with van der Waals surface area (Å²) in [7, 11) is -1.94. The Bertz CT molecular complexity index is 10800. The average Bonchev–Trinajstić information content (AvgIpc) is 1.52. The Morgan fingerprint density at radius 2 is 0.551 bits per heavy atom. The van der Waals surface area contributed by atoms with Crippen molar-refractivity contribution in [2.45, 2.75) is 136 Å². The van der Waals surface area contributed by atoms with E-state index in [-0.39, 0.29) is 12.7 Å². The minimum atomic E-state index is -0.643. The van der Waals surface area contributed by atoms with Gasteiger partial charge in [-0.1, -0.05) is 146 Å². The minimum Gasteiger partial charge on any atom is -0.456 e. The topological polar surface area (TPSA) is 166 Å². The monoisotopic (exact) mass is 2030 g/mol. The summed E-state index contributed by atoms with van der Waals surface area (Å²) in [4.78, 5) is 0. The molecular formula is C122H86B4O15S6. The maximum absolute atomic E-state index is 7.27. The smallest absolute Gasteiger partial charge is 0.456 e. The molecule has 0 atom stereocenters. The minimum absolute atomic E-state index is 0.284. The third kappa shape index (κ3) is 12.0. The Morgan fingerprint density at radius 3 is 1.12 bits per heavy atom. The Hall–Kier alpha value is -13.1. The van der Waals surface area contributed by atoms with Crippen LogP contribution in [-0.4, -0.2) is 74.3 Å². The first-order chi connectivity index (χ1) is 71.0. The highest BCUT2D eigenvalue weighted by molar-refractivity contribution is 7.31. The molecule has 4 saturated heterocycles. The van der Waals surface area contributed by atoms with Crippen LogP contribution in [0.5, 0.6) is 0 Å². The molecule has 17 heterocycles. The van der Waals surface area contributed by atoms with E-state index in [0.717, 1.165) is 191 Å². The van der Waals surface area contributed by atoms with Gasteiger partial charge in [0, 0.05) is 186 Å². The van der Waals surface area contributed by atoms with Crippen LogP contribution in [0.3, 0.4) is 0 Å². The molecule has 0 spiro atoms. The molecule has 4 fully saturated rings. The van der Waals surface area contributed by atoms with Crippen molar-refractivity contribution >= 4 is 393 Å². The first-order valence-corrected chi connectivity index (χ1v) is 55.0. The number of hydrogen-bond donors (Lipinski definition) is 0. The van der Waals surface area contributed by atoms with Crippen LogP contribution in [0.25, 0.3) is 286 Å². The first-order valence-electron chi connectivity index (χ1n) is 50.1. The molecule has 0 bridgehead atoms. The van der Waals surface area contributed by atoms with Gasteiger partial charge in [-0.25, -0.2) is 0 Å². The van der Waals surface area contributed by atoms with Gasteiger partial charge in [-0.3, -0.25) is 0 Å². The summed E-state index contributed by atoms with van der Waals surface area (Å²) in [6.07, 6.45) is 0. The summed E-state index contributed by atoms with van der Waals surface area (Å²) in [5, 5.41) is 30.4. The van der Waals surface area contributed by atoms with Crippen LogP contribution in [0.15, 0.2) is 286 Å². The zero-order chi connectivity index (χ0) is 98.6. The van der Waals surface area contributed by atoms with Crippen molar-refractivity contribution < 1.29 is 68.2 Å². The second kappa shape index (κ2) is 29.7. The lowest BCUT2D eigenvalue weighted by molar-refractivity contribution is 0.00578. The predicted molar refractivity (Wildman–Crippen MR) is 618 cm³/mol. The van der Waals surface area contributed by atoms with Crippen molar-refractivity contribution in [1.29, 1.82) is 0 Å². The van der Waals surface area contributed by atoms with Crippen molar-refractivity contribution in [2.75, 3.05) is 6.61 Å². The molecule has 0 saturated carbocycles. The van der Waals surface area contributed by atoms with Gasteiger partial charge in [0.1, 0.15) is 78.2 Å². The quantitative estimate of drug-likeness (QED) is 0.149. The summed E-state index contributed by atoms with van der Waals surface area (Å²) in [6.45, 7) is 29.9. The number of fused-ring (bicyclic) bond motifs is 11. The van der Waals surface area contributed by atoms with Crippen molar-refractivity contribution in [1.82, 2.24) is 0 Å². The zero-order valence-corrected chi connectivity index (χ0v) is 87.2. The fourth-order valence-electron chi connectivity index (χ4n) is 23.9. The number of thiophene rings is 4. The van der Waals surface area contributed by atoms with E-state index in [1.165, 1.54) is 117 Å². The summed E-state index contributed by atoms with van der Waals surface area (Å²) >= 11 is 10.9. The Labute approximate surface area is 862 Å². The van der Waals surface area contributed by atoms with Gasteiger partial charge in [-0.05, 0) is 244 Å². The highest BCUT2D eigenvalue weighted by Crippen LogP contribution is 2.58. The molecule has 35 rings (SSSR count). The van der Waals surface area contributed by atoms with Gasteiger partial charge < -0.3 is 68.2 Å². The standard InChI is InChI=1S/C40H27BO5S.C28H21BO4S.C28H21BO3S2.C26H17BO3S2/c1-39(2)40(3,4)46-41(45-39)25-19-24(22-13-9-15-27-31(22)23-12-7-8-14-26(23)42-27)38-35-34-30(47-38)17-16-28-32(34)33-29(43-28)18-20-10-5-6-11-21(20)36(33)44-37(25)35;1-27(2)28(3,4)33-29(32-27)16-9-10-19-23-21-17(30-19)11-12-18-22(21)24-20(31-18)13-14-7-5-6-8-15(14)25(24)34-26(16)23;1-27(2)28(3,4)32-29(31-27)16-9-10-19-23-21-17(33-19)11-12-18-22(21)24-20(34-18)13-14-7-5-6-8-15(14)25(24)30-26(16)23;1-26(2)12-28-27(30-26)15-7-9-19-23-22-18(31-19)10-8-16-20(22)21-17(29-16)11-13-5-3-4-6-14(13)24(21)32-25(15)23/h5-19H,1-4H3;2*5-13H,1-4H3;3-11H,12H2,1-2H3. The second-order valence-electron chi connectivity index (χ2n) is 43.9. The number of furan rings is 5. The normalized spacial score (nSPS) is 17.4. The molecule has 0 aliphatic carbocycles. The van der Waals surface area contributed by atoms with Gasteiger partial charge in [-0.15, -0.1) is 68.0 Å². The van der Waals surface area contributed by atoms with Gasteiger partial charge in [-0.2, -0.15) is 0 Å².